The van der Waals surface area contributed by atoms with E-state index < -0.39 is 16.0 Å². The van der Waals surface area contributed by atoms with Crippen LogP contribution in [0.3, 0.4) is 0 Å². The highest BCUT2D eigenvalue weighted by Crippen LogP contribution is 2.26. The summed E-state index contributed by atoms with van der Waals surface area (Å²) in [7, 11) is -4.19. The van der Waals surface area contributed by atoms with Crippen LogP contribution >= 0.6 is 0 Å². The Bertz CT molecular complexity index is 1070. The van der Waals surface area contributed by atoms with E-state index in [2.05, 4.69) is 5.10 Å². The van der Waals surface area contributed by atoms with Crippen molar-refractivity contribution in [2.75, 3.05) is 5.73 Å². The van der Waals surface area contributed by atoms with Gasteiger partial charge in [0.25, 0.3) is 10.0 Å². The van der Waals surface area contributed by atoms with Crippen molar-refractivity contribution < 1.29 is 17.9 Å². The molecule has 2 aromatic carbocycles. The number of carbonyl (C=O) groups is 1. The van der Waals surface area contributed by atoms with Gasteiger partial charge >= 0.3 is 5.97 Å². The lowest BCUT2D eigenvalue weighted by atomic mass is 10.2. The summed E-state index contributed by atoms with van der Waals surface area (Å²) in [5, 5.41) is 4.14. The second kappa shape index (κ2) is 7.24. The standard InChI is InChI=1S/C19H19N3O4S/c1-13(2)26-19(23)15-10-6-7-11-17(15)27(24,25)22-18(20)12-16(21-22)14-8-4-3-5-9-14/h3-13H,20H2,1-2H3. The second-order valence-electron chi connectivity index (χ2n) is 6.12. The Labute approximate surface area is 157 Å². The maximum atomic E-state index is 13.1. The van der Waals surface area contributed by atoms with Crippen LogP contribution in [-0.4, -0.2) is 29.7 Å². The number of ether oxygens (including phenoxy) is 1. The van der Waals surface area contributed by atoms with Gasteiger partial charge in [-0.15, -0.1) is 4.09 Å². The number of nitrogens with two attached hydrogens (primary N) is 1. The summed E-state index contributed by atoms with van der Waals surface area (Å²) in [5.41, 5.74) is 6.99. The van der Waals surface area contributed by atoms with E-state index in [1.54, 1.807) is 32.0 Å². The van der Waals surface area contributed by atoms with Gasteiger partial charge in [0.05, 0.1) is 17.4 Å². The van der Waals surface area contributed by atoms with Gasteiger partial charge in [0.15, 0.2) is 0 Å². The maximum absolute atomic E-state index is 13.1. The lowest BCUT2D eigenvalue weighted by Gasteiger charge is -2.12. The van der Waals surface area contributed by atoms with E-state index in [0.29, 0.717) is 5.69 Å². The minimum absolute atomic E-state index is 0.0547. The summed E-state index contributed by atoms with van der Waals surface area (Å²) in [4.78, 5) is 12.1. The fourth-order valence-corrected chi connectivity index (χ4v) is 3.95. The van der Waals surface area contributed by atoms with E-state index in [-0.39, 0.29) is 22.4 Å². The van der Waals surface area contributed by atoms with E-state index in [1.807, 2.05) is 18.2 Å². The third-order valence-electron chi connectivity index (χ3n) is 3.73. The fraction of sp³-hybridized carbons (Fsp3) is 0.158. The van der Waals surface area contributed by atoms with Crippen LogP contribution in [0.25, 0.3) is 11.3 Å². The van der Waals surface area contributed by atoms with Crippen LogP contribution in [0.15, 0.2) is 65.6 Å². The molecule has 0 atom stereocenters. The highest BCUT2D eigenvalue weighted by Gasteiger charge is 2.28. The zero-order valence-electron chi connectivity index (χ0n) is 14.9. The van der Waals surface area contributed by atoms with E-state index in [9.17, 15) is 13.2 Å². The molecule has 0 aliphatic heterocycles. The molecule has 8 heteroatoms. The first-order valence-corrected chi connectivity index (χ1v) is 9.71. The van der Waals surface area contributed by atoms with Crippen molar-refractivity contribution in [1.82, 2.24) is 9.19 Å². The fourth-order valence-electron chi connectivity index (χ4n) is 2.55. The number of nitrogens with zero attached hydrogens (tertiary/aromatic N) is 2. The molecule has 3 aromatic rings. The maximum Gasteiger partial charge on any atom is 0.339 e. The third-order valence-corrected chi connectivity index (χ3v) is 5.39. The average molecular weight is 385 g/mol. The SMILES string of the molecule is CC(C)OC(=O)c1ccccc1S(=O)(=O)n1nc(-c2ccccc2)cc1N. The van der Waals surface area contributed by atoms with Gasteiger partial charge in [-0.25, -0.2) is 4.79 Å². The summed E-state index contributed by atoms with van der Waals surface area (Å²) in [5.74, 6) is -0.779. The quantitative estimate of drug-likeness (QED) is 0.677. The van der Waals surface area contributed by atoms with E-state index in [0.717, 1.165) is 9.65 Å². The molecule has 0 aliphatic carbocycles. The third kappa shape index (κ3) is 3.70. The molecule has 0 aliphatic rings. The predicted molar refractivity (Wildman–Crippen MR) is 102 cm³/mol. The van der Waals surface area contributed by atoms with Gasteiger partial charge in [0.1, 0.15) is 10.7 Å². The Kier molecular flexibility index (Phi) is 5.00. The molecule has 140 valence electrons. The van der Waals surface area contributed by atoms with Crippen LogP contribution in [0.1, 0.15) is 24.2 Å². The molecule has 1 heterocycles. The molecule has 0 fully saturated rings. The van der Waals surface area contributed by atoms with Gasteiger partial charge in [0.2, 0.25) is 0 Å². The van der Waals surface area contributed by atoms with Crippen molar-refractivity contribution in [3.63, 3.8) is 0 Å². The topological polar surface area (TPSA) is 104 Å². The summed E-state index contributed by atoms with van der Waals surface area (Å²) in [6.45, 7) is 3.37. The number of hydrogen-bond acceptors (Lipinski definition) is 6. The summed E-state index contributed by atoms with van der Waals surface area (Å²) < 4.78 is 32.1. The number of esters is 1. The molecule has 2 N–H and O–H groups in total. The summed E-state index contributed by atoms with van der Waals surface area (Å²) >= 11 is 0. The Hall–Kier alpha value is -3.13. The molecule has 3 rings (SSSR count). The molecule has 1 aromatic heterocycles. The van der Waals surface area contributed by atoms with E-state index in [4.69, 9.17) is 10.5 Å². The van der Waals surface area contributed by atoms with Crippen LogP contribution in [0.4, 0.5) is 5.82 Å². The number of nitrogen functional groups attached to an aromatic ring is 1. The van der Waals surface area contributed by atoms with Crippen molar-refractivity contribution in [2.24, 2.45) is 0 Å². The number of aromatic nitrogens is 2. The molecule has 0 unspecified atom stereocenters. The normalized spacial score (nSPS) is 11.5. The zero-order valence-corrected chi connectivity index (χ0v) is 15.7. The van der Waals surface area contributed by atoms with E-state index >= 15 is 0 Å². The minimum Gasteiger partial charge on any atom is -0.459 e. The molecule has 0 saturated heterocycles. The van der Waals surface area contributed by atoms with Gasteiger partial charge < -0.3 is 10.5 Å². The highest BCUT2D eigenvalue weighted by molar-refractivity contribution is 7.90. The molecule has 27 heavy (non-hydrogen) atoms. The molecule has 0 saturated carbocycles. The Morgan fingerprint density at radius 3 is 2.37 bits per heavy atom. The molecular formula is C19H19N3O4S. The number of benzene rings is 2. The lowest BCUT2D eigenvalue weighted by molar-refractivity contribution is 0.0373. The monoisotopic (exact) mass is 385 g/mol. The van der Waals surface area contributed by atoms with Gasteiger partial charge in [-0.05, 0) is 26.0 Å². The Morgan fingerprint density at radius 1 is 1.07 bits per heavy atom. The van der Waals surface area contributed by atoms with Crippen LogP contribution in [0.5, 0.6) is 0 Å². The van der Waals surface area contributed by atoms with Crippen molar-refractivity contribution in [3.8, 4) is 11.3 Å². The molecule has 0 spiro atoms. The van der Waals surface area contributed by atoms with Crippen LogP contribution in [-0.2, 0) is 14.8 Å². The number of rotatable bonds is 5. The molecular weight excluding hydrogens is 366 g/mol. The van der Waals surface area contributed by atoms with Crippen molar-refractivity contribution >= 4 is 21.8 Å². The molecule has 7 nitrogen and oxygen atoms in total. The number of hydrogen-bond donors (Lipinski definition) is 1. The predicted octanol–water partition coefficient (Wildman–Crippen LogP) is 2.93. The van der Waals surface area contributed by atoms with Crippen molar-refractivity contribution in [2.45, 2.75) is 24.8 Å². The minimum atomic E-state index is -4.19. The molecule has 0 bridgehead atoms. The first-order valence-electron chi connectivity index (χ1n) is 8.27. The van der Waals surface area contributed by atoms with Crippen LogP contribution in [0.2, 0.25) is 0 Å². The van der Waals surface area contributed by atoms with Gasteiger partial charge in [-0.3, -0.25) is 0 Å². The highest BCUT2D eigenvalue weighted by atomic mass is 32.2. The number of anilines is 1. The zero-order chi connectivity index (χ0) is 19.6. The number of carbonyl (C=O) groups excluding carboxylic acids is 1. The van der Waals surface area contributed by atoms with Gasteiger partial charge in [0, 0.05) is 11.6 Å². The summed E-state index contributed by atoms with van der Waals surface area (Å²) in [6.07, 6.45) is -0.382. The largest absolute Gasteiger partial charge is 0.459 e. The average Bonchev–Trinajstić information content (AvgIpc) is 3.04. The molecule has 0 radical (unpaired) electrons. The summed E-state index contributed by atoms with van der Waals surface area (Å²) in [6, 6.07) is 16.4. The van der Waals surface area contributed by atoms with Crippen molar-refractivity contribution in [3.05, 3.63) is 66.2 Å². The first-order chi connectivity index (χ1) is 12.8. The van der Waals surface area contributed by atoms with Crippen LogP contribution < -0.4 is 5.73 Å². The molecule has 0 amide bonds. The van der Waals surface area contributed by atoms with Crippen molar-refractivity contribution in [1.29, 1.82) is 0 Å². The smallest absolute Gasteiger partial charge is 0.339 e. The lowest BCUT2D eigenvalue weighted by Crippen LogP contribution is -2.21. The van der Waals surface area contributed by atoms with E-state index in [1.165, 1.54) is 24.3 Å². The van der Waals surface area contributed by atoms with Crippen LogP contribution in [0, 0.1) is 0 Å². The second-order valence-corrected chi connectivity index (χ2v) is 7.85. The Balaban J connectivity index is 2.09. The first kappa shape index (κ1) is 18.7. The van der Waals surface area contributed by atoms with Gasteiger partial charge in [-0.1, -0.05) is 42.5 Å². The van der Waals surface area contributed by atoms with Gasteiger partial charge in [-0.2, -0.15) is 13.5 Å². The Morgan fingerprint density at radius 2 is 1.70 bits per heavy atom.